The summed E-state index contributed by atoms with van der Waals surface area (Å²) in [5, 5.41) is 12.4. The molecule has 0 bridgehead atoms. The molecule has 0 aliphatic carbocycles. The number of ether oxygens (including phenoxy) is 2. The maximum absolute atomic E-state index is 13.3. The van der Waals surface area contributed by atoms with Crippen molar-refractivity contribution in [1.82, 2.24) is 10.2 Å². The summed E-state index contributed by atoms with van der Waals surface area (Å²) >= 11 is 6.35. The van der Waals surface area contributed by atoms with Crippen molar-refractivity contribution >= 4 is 23.5 Å². The number of nitrogens with one attached hydrogen (secondary N) is 1. The van der Waals surface area contributed by atoms with Gasteiger partial charge in [-0.3, -0.25) is 9.59 Å². The molecule has 2 N–H and O–H groups in total. The van der Waals surface area contributed by atoms with E-state index in [0.717, 1.165) is 25.9 Å². The molecule has 7 nitrogen and oxygen atoms in total. The number of carboxylic acids is 1. The first-order chi connectivity index (χ1) is 12.8. The first-order valence-electron chi connectivity index (χ1n) is 9.10. The molecular weight excluding hydrogens is 372 g/mol. The van der Waals surface area contributed by atoms with Crippen LogP contribution in [0.1, 0.15) is 43.5 Å². The van der Waals surface area contributed by atoms with Gasteiger partial charge in [0.05, 0.1) is 30.7 Å². The molecule has 1 heterocycles. The van der Waals surface area contributed by atoms with Gasteiger partial charge in [-0.25, -0.2) is 0 Å². The van der Waals surface area contributed by atoms with Crippen LogP contribution in [0.3, 0.4) is 0 Å². The van der Waals surface area contributed by atoms with Gasteiger partial charge in [0.15, 0.2) is 11.5 Å². The van der Waals surface area contributed by atoms with E-state index in [-0.39, 0.29) is 36.0 Å². The van der Waals surface area contributed by atoms with Crippen molar-refractivity contribution < 1.29 is 24.2 Å². The fourth-order valence-corrected chi connectivity index (χ4v) is 3.49. The summed E-state index contributed by atoms with van der Waals surface area (Å²) in [6, 6.07) is 3.18. The van der Waals surface area contributed by atoms with E-state index in [0.29, 0.717) is 17.1 Å². The summed E-state index contributed by atoms with van der Waals surface area (Å²) in [4.78, 5) is 25.8. The Morgan fingerprint density at radius 1 is 1.37 bits per heavy atom. The number of rotatable bonds is 8. The Bertz CT molecular complexity index is 674. The van der Waals surface area contributed by atoms with Crippen LogP contribution in [0.15, 0.2) is 12.1 Å². The van der Waals surface area contributed by atoms with E-state index in [2.05, 4.69) is 5.32 Å². The van der Waals surface area contributed by atoms with Gasteiger partial charge in [-0.2, -0.15) is 0 Å². The molecule has 1 saturated heterocycles. The Morgan fingerprint density at radius 2 is 2.11 bits per heavy atom. The average molecular weight is 399 g/mol. The molecule has 27 heavy (non-hydrogen) atoms. The number of piperidine rings is 1. The van der Waals surface area contributed by atoms with Gasteiger partial charge in [0.2, 0.25) is 0 Å². The van der Waals surface area contributed by atoms with Gasteiger partial charge in [0.1, 0.15) is 0 Å². The highest BCUT2D eigenvalue weighted by Gasteiger charge is 2.30. The van der Waals surface area contributed by atoms with Gasteiger partial charge < -0.3 is 24.8 Å². The van der Waals surface area contributed by atoms with E-state index in [9.17, 15) is 9.59 Å². The number of carboxylic acid groups (broad SMARTS) is 1. The average Bonchev–Trinajstić information content (AvgIpc) is 2.62. The van der Waals surface area contributed by atoms with E-state index in [1.165, 1.54) is 19.2 Å². The number of amides is 1. The standard InChI is InChI=1S/C19H27ClN2O5/c1-12(2)22(13-5-4-7-21-11-13)19(25)14-9-17(27-8-6-18(23)24)16(26-3)10-15(14)20/h9-10,12-13,21H,4-8,11H2,1-3H3,(H,23,24)/t13-/m1/s1. The molecule has 0 radical (unpaired) electrons. The molecule has 150 valence electrons. The van der Waals surface area contributed by atoms with Crippen molar-refractivity contribution in [2.24, 2.45) is 0 Å². The molecule has 1 atom stereocenters. The van der Waals surface area contributed by atoms with Gasteiger partial charge in [-0.15, -0.1) is 0 Å². The van der Waals surface area contributed by atoms with Crippen molar-refractivity contribution in [3.8, 4) is 11.5 Å². The predicted octanol–water partition coefficient (Wildman–Crippen LogP) is 2.80. The van der Waals surface area contributed by atoms with Crippen molar-refractivity contribution in [3.63, 3.8) is 0 Å². The Morgan fingerprint density at radius 3 is 2.67 bits per heavy atom. The highest BCUT2D eigenvalue weighted by Crippen LogP contribution is 2.35. The lowest BCUT2D eigenvalue weighted by Gasteiger charge is -2.38. The highest BCUT2D eigenvalue weighted by atomic mass is 35.5. The van der Waals surface area contributed by atoms with Crippen LogP contribution in [0.2, 0.25) is 5.02 Å². The van der Waals surface area contributed by atoms with E-state index in [1.54, 1.807) is 0 Å². The highest BCUT2D eigenvalue weighted by molar-refractivity contribution is 6.34. The molecule has 0 unspecified atom stereocenters. The summed E-state index contributed by atoms with van der Waals surface area (Å²) < 4.78 is 10.8. The molecule has 8 heteroatoms. The maximum atomic E-state index is 13.3. The second-order valence-electron chi connectivity index (χ2n) is 6.78. The molecule has 0 spiro atoms. The number of hydrogen-bond donors (Lipinski definition) is 2. The van der Waals surface area contributed by atoms with Crippen molar-refractivity contribution in [2.75, 3.05) is 26.8 Å². The number of aliphatic carboxylic acids is 1. The van der Waals surface area contributed by atoms with Gasteiger partial charge in [-0.1, -0.05) is 11.6 Å². The van der Waals surface area contributed by atoms with Crippen LogP contribution >= 0.6 is 11.6 Å². The van der Waals surface area contributed by atoms with Crippen LogP contribution in [0, 0.1) is 0 Å². The molecule has 1 aliphatic rings. The number of hydrogen-bond acceptors (Lipinski definition) is 5. The fourth-order valence-electron chi connectivity index (χ4n) is 3.25. The quantitative estimate of drug-likeness (QED) is 0.700. The number of carbonyl (C=O) groups excluding carboxylic acids is 1. The summed E-state index contributed by atoms with van der Waals surface area (Å²) in [6.45, 7) is 5.64. The molecule has 0 saturated carbocycles. The zero-order chi connectivity index (χ0) is 20.0. The first-order valence-corrected chi connectivity index (χ1v) is 9.48. The Labute approximate surface area is 164 Å². The number of carbonyl (C=O) groups is 2. The van der Waals surface area contributed by atoms with Crippen LogP contribution in [0.5, 0.6) is 11.5 Å². The largest absolute Gasteiger partial charge is 0.493 e. The third kappa shape index (κ3) is 5.49. The van der Waals surface area contributed by atoms with Crippen molar-refractivity contribution in [3.05, 3.63) is 22.7 Å². The van der Waals surface area contributed by atoms with Crippen LogP contribution in [-0.2, 0) is 4.79 Å². The summed E-state index contributed by atoms with van der Waals surface area (Å²) in [5.74, 6) is -0.473. The molecule has 1 aromatic rings. The lowest BCUT2D eigenvalue weighted by Crippen LogP contribution is -2.51. The third-order valence-electron chi connectivity index (χ3n) is 4.51. The number of benzene rings is 1. The number of halogens is 1. The summed E-state index contributed by atoms with van der Waals surface area (Å²) in [7, 11) is 1.46. The minimum atomic E-state index is -0.963. The smallest absolute Gasteiger partial charge is 0.306 e. The Balaban J connectivity index is 2.30. The molecule has 1 aliphatic heterocycles. The van der Waals surface area contributed by atoms with Gasteiger partial charge in [0.25, 0.3) is 5.91 Å². The Kier molecular flexibility index (Phi) is 7.74. The maximum Gasteiger partial charge on any atom is 0.306 e. The van der Waals surface area contributed by atoms with E-state index in [1.807, 2.05) is 18.7 Å². The van der Waals surface area contributed by atoms with E-state index in [4.69, 9.17) is 26.2 Å². The minimum Gasteiger partial charge on any atom is -0.493 e. The predicted molar refractivity (Wildman–Crippen MR) is 103 cm³/mol. The fraction of sp³-hybridized carbons (Fsp3) is 0.579. The van der Waals surface area contributed by atoms with E-state index < -0.39 is 5.97 Å². The van der Waals surface area contributed by atoms with Crippen LogP contribution < -0.4 is 14.8 Å². The minimum absolute atomic E-state index is 0.0111. The number of nitrogens with zero attached hydrogens (tertiary/aromatic N) is 1. The second-order valence-corrected chi connectivity index (χ2v) is 7.19. The lowest BCUT2D eigenvalue weighted by atomic mass is 10.0. The topological polar surface area (TPSA) is 88.1 Å². The molecular formula is C19H27ClN2O5. The molecule has 2 rings (SSSR count). The van der Waals surface area contributed by atoms with Gasteiger partial charge in [0, 0.05) is 24.7 Å². The normalized spacial score (nSPS) is 16.9. The first kappa shape index (κ1) is 21.3. The summed E-state index contributed by atoms with van der Waals surface area (Å²) in [5.41, 5.74) is 0.321. The van der Waals surface area contributed by atoms with E-state index >= 15 is 0 Å². The van der Waals surface area contributed by atoms with Gasteiger partial charge >= 0.3 is 5.97 Å². The Hall–Kier alpha value is -1.99. The number of methoxy groups -OCH3 is 1. The zero-order valence-corrected chi connectivity index (χ0v) is 16.7. The third-order valence-corrected chi connectivity index (χ3v) is 4.83. The molecule has 1 amide bonds. The van der Waals surface area contributed by atoms with Crippen molar-refractivity contribution in [1.29, 1.82) is 0 Å². The van der Waals surface area contributed by atoms with Gasteiger partial charge in [-0.05, 0) is 39.3 Å². The van der Waals surface area contributed by atoms with Crippen LogP contribution in [0.4, 0.5) is 0 Å². The SMILES string of the molecule is COc1cc(Cl)c(C(=O)N(C(C)C)[C@@H]2CCCNC2)cc1OCCC(=O)O. The molecule has 1 fully saturated rings. The zero-order valence-electron chi connectivity index (χ0n) is 16.0. The lowest BCUT2D eigenvalue weighted by molar-refractivity contribution is -0.137. The second kappa shape index (κ2) is 9.80. The molecule has 0 aromatic heterocycles. The van der Waals surface area contributed by atoms with Crippen LogP contribution in [0.25, 0.3) is 0 Å². The monoisotopic (exact) mass is 398 g/mol. The van der Waals surface area contributed by atoms with Crippen LogP contribution in [-0.4, -0.2) is 60.8 Å². The summed E-state index contributed by atoms with van der Waals surface area (Å²) in [6.07, 6.45) is 1.80. The van der Waals surface area contributed by atoms with Crippen molar-refractivity contribution in [2.45, 2.75) is 45.2 Å². The molecule has 1 aromatic carbocycles.